The third-order valence-electron chi connectivity index (χ3n) is 6.80. The molecule has 0 radical (unpaired) electrons. The highest BCUT2D eigenvalue weighted by Crippen LogP contribution is 2.52. The standard InChI is InChI=1S/C25H34N4O3.HI/c1-26-25(27-12-5-6-15-32-16-11-18-7-3-2-4-8-18)28-13-14-29-23(30)21-19-9-10-20(17-19)22(21)24(29)31;/h2-4,7-10,19-22H,5-6,11-17H2,1H3,(H2,26,27,28);1H. The quantitative estimate of drug-likeness (QED) is 0.108. The molecule has 7 nitrogen and oxygen atoms in total. The molecule has 1 heterocycles. The lowest BCUT2D eigenvalue weighted by Gasteiger charge is -2.18. The second-order valence-electron chi connectivity index (χ2n) is 8.81. The van der Waals surface area contributed by atoms with E-state index in [1.807, 2.05) is 6.07 Å². The smallest absolute Gasteiger partial charge is 0.233 e. The molecule has 1 aromatic carbocycles. The lowest BCUT2D eigenvalue weighted by molar-refractivity contribution is -0.140. The number of likely N-dealkylation sites (tertiary alicyclic amines) is 1. The average Bonchev–Trinajstić information content (AvgIpc) is 3.50. The minimum Gasteiger partial charge on any atom is -0.381 e. The minimum absolute atomic E-state index is 0. The lowest BCUT2D eigenvalue weighted by Crippen LogP contribution is -2.43. The third kappa shape index (κ3) is 6.15. The molecule has 2 amide bonds. The Morgan fingerprint density at radius 3 is 2.33 bits per heavy atom. The summed E-state index contributed by atoms with van der Waals surface area (Å²) in [5, 5.41) is 6.50. The van der Waals surface area contributed by atoms with Crippen molar-refractivity contribution in [2.45, 2.75) is 25.7 Å². The fourth-order valence-electron chi connectivity index (χ4n) is 5.16. The van der Waals surface area contributed by atoms with Crippen LogP contribution in [-0.2, 0) is 20.7 Å². The fourth-order valence-corrected chi connectivity index (χ4v) is 5.16. The molecule has 4 rings (SSSR count). The zero-order valence-corrected chi connectivity index (χ0v) is 21.6. The van der Waals surface area contributed by atoms with Gasteiger partial charge in [0.2, 0.25) is 11.8 Å². The van der Waals surface area contributed by atoms with E-state index >= 15 is 0 Å². The van der Waals surface area contributed by atoms with Crippen LogP contribution >= 0.6 is 24.0 Å². The van der Waals surface area contributed by atoms with Gasteiger partial charge >= 0.3 is 0 Å². The Hall–Kier alpha value is -1.94. The van der Waals surface area contributed by atoms with E-state index in [9.17, 15) is 9.59 Å². The van der Waals surface area contributed by atoms with Crippen LogP contribution in [0.4, 0.5) is 0 Å². The van der Waals surface area contributed by atoms with Crippen LogP contribution in [0.15, 0.2) is 47.5 Å². The van der Waals surface area contributed by atoms with Gasteiger partial charge in [0.25, 0.3) is 0 Å². The molecule has 0 aromatic heterocycles. The van der Waals surface area contributed by atoms with Gasteiger partial charge in [-0.2, -0.15) is 0 Å². The molecule has 180 valence electrons. The second-order valence-corrected chi connectivity index (χ2v) is 8.81. The summed E-state index contributed by atoms with van der Waals surface area (Å²) in [6, 6.07) is 10.4. The van der Waals surface area contributed by atoms with Crippen LogP contribution < -0.4 is 10.6 Å². The summed E-state index contributed by atoms with van der Waals surface area (Å²) in [6.07, 6.45) is 8.12. The summed E-state index contributed by atoms with van der Waals surface area (Å²) in [4.78, 5) is 31.1. The average molecular weight is 566 g/mol. The first kappa shape index (κ1) is 25.7. The van der Waals surface area contributed by atoms with Crippen molar-refractivity contribution in [3.63, 3.8) is 0 Å². The number of unbranched alkanes of at least 4 members (excludes halogenated alkanes) is 1. The van der Waals surface area contributed by atoms with E-state index in [0.29, 0.717) is 19.0 Å². The van der Waals surface area contributed by atoms with Crippen LogP contribution in [0.25, 0.3) is 0 Å². The third-order valence-corrected chi connectivity index (χ3v) is 6.80. The summed E-state index contributed by atoms with van der Waals surface area (Å²) < 4.78 is 5.72. The number of aliphatic imine (C=N–C) groups is 1. The molecule has 1 aromatic rings. The molecule has 0 spiro atoms. The first-order valence-corrected chi connectivity index (χ1v) is 11.8. The van der Waals surface area contributed by atoms with E-state index in [-0.39, 0.29) is 59.5 Å². The first-order valence-electron chi connectivity index (χ1n) is 11.8. The summed E-state index contributed by atoms with van der Waals surface area (Å²) in [7, 11) is 1.72. The molecular weight excluding hydrogens is 531 g/mol. The van der Waals surface area contributed by atoms with Crippen LogP contribution in [0.2, 0.25) is 0 Å². The molecule has 1 saturated carbocycles. The van der Waals surface area contributed by atoms with Crippen LogP contribution in [0, 0.1) is 23.7 Å². The van der Waals surface area contributed by atoms with Crippen LogP contribution in [0.3, 0.4) is 0 Å². The number of carbonyl (C=O) groups is 2. The van der Waals surface area contributed by atoms with Crippen LogP contribution in [0.5, 0.6) is 0 Å². The van der Waals surface area contributed by atoms with E-state index in [4.69, 9.17) is 4.74 Å². The van der Waals surface area contributed by atoms with Crippen molar-refractivity contribution in [3.8, 4) is 0 Å². The number of allylic oxidation sites excluding steroid dienone is 2. The van der Waals surface area contributed by atoms with E-state index in [2.05, 4.69) is 52.0 Å². The zero-order chi connectivity index (χ0) is 22.3. The molecule has 4 atom stereocenters. The molecule has 2 N–H and O–H groups in total. The Labute approximate surface area is 213 Å². The molecule has 2 aliphatic carbocycles. The molecule has 1 saturated heterocycles. The summed E-state index contributed by atoms with van der Waals surface area (Å²) in [5.74, 6) is 0.987. The Balaban J connectivity index is 0.00000306. The number of rotatable bonds is 11. The highest BCUT2D eigenvalue weighted by atomic mass is 127. The minimum atomic E-state index is -0.121. The number of guanidine groups is 1. The number of nitrogens with zero attached hydrogens (tertiary/aromatic N) is 2. The largest absolute Gasteiger partial charge is 0.381 e. The van der Waals surface area contributed by atoms with Gasteiger partial charge in [0.15, 0.2) is 5.96 Å². The monoisotopic (exact) mass is 566 g/mol. The van der Waals surface area contributed by atoms with Crippen LogP contribution in [0.1, 0.15) is 24.8 Å². The number of imide groups is 1. The highest BCUT2D eigenvalue weighted by Gasteiger charge is 2.58. The van der Waals surface area contributed by atoms with Gasteiger partial charge < -0.3 is 15.4 Å². The van der Waals surface area contributed by atoms with Crippen molar-refractivity contribution < 1.29 is 14.3 Å². The number of nitrogens with one attached hydrogen (secondary N) is 2. The molecular formula is C25H35IN4O3. The second kappa shape index (κ2) is 12.5. The van der Waals surface area contributed by atoms with Gasteiger partial charge in [-0.25, -0.2) is 0 Å². The van der Waals surface area contributed by atoms with Gasteiger partial charge in [0.1, 0.15) is 0 Å². The van der Waals surface area contributed by atoms with E-state index in [1.54, 1.807) is 7.05 Å². The Kier molecular flexibility index (Phi) is 9.73. The summed E-state index contributed by atoms with van der Waals surface area (Å²) >= 11 is 0. The van der Waals surface area contributed by atoms with Crippen molar-refractivity contribution in [2.75, 3.05) is 39.9 Å². The van der Waals surface area contributed by atoms with E-state index in [1.165, 1.54) is 10.5 Å². The number of hydrogen-bond donors (Lipinski definition) is 2. The van der Waals surface area contributed by atoms with Crippen LogP contribution in [-0.4, -0.2) is 62.6 Å². The van der Waals surface area contributed by atoms with E-state index in [0.717, 1.165) is 45.4 Å². The normalized spacial score (nSPS) is 25.4. The zero-order valence-electron chi connectivity index (χ0n) is 19.2. The van der Waals surface area contributed by atoms with Crippen molar-refractivity contribution in [2.24, 2.45) is 28.7 Å². The SMILES string of the molecule is CN=C(NCCCCOCCc1ccccc1)NCCN1C(=O)C2C3C=CC(C3)C2C1=O.I. The maximum Gasteiger partial charge on any atom is 0.233 e. The first-order chi connectivity index (χ1) is 15.7. The highest BCUT2D eigenvalue weighted by molar-refractivity contribution is 14.0. The maximum atomic E-state index is 12.7. The van der Waals surface area contributed by atoms with Gasteiger partial charge in [-0.05, 0) is 43.1 Å². The number of hydrogen-bond acceptors (Lipinski definition) is 4. The van der Waals surface area contributed by atoms with Gasteiger partial charge in [-0.1, -0.05) is 42.5 Å². The molecule has 2 fully saturated rings. The van der Waals surface area contributed by atoms with Gasteiger partial charge in [-0.3, -0.25) is 19.5 Å². The summed E-state index contributed by atoms with van der Waals surface area (Å²) in [6.45, 7) is 3.18. The molecule has 8 heteroatoms. The molecule has 2 bridgehead atoms. The Bertz CT molecular complexity index is 830. The summed E-state index contributed by atoms with van der Waals surface area (Å²) in [5.41, 5.74) is 1.30. The molecule has 4 unspecified atom stereocenters. The van der Waals surface area contributed by atoms with E-state index < -0.39 is 0 Å². The van der Waals surface area contributed by atoms with Crippen molar-refractivity contribution in [1.29, 1.82) is 0 Å². The van der Waals surface area contributed by atoms with Crippen molar-refractivity contribution >= 4 is 41.8 Å². The lowest BCUT2D eigenvalue weighted by atomic mass is 9.85. The maximum absolute atomic E-state index is 12.7. The molecule has 33 heavy (non-hydrogen) atoms. The van der Waals surface area contributed by atoms with Gasteiger partial charge in [0.05, 0.1) is 18.4 Å². The number of ether oxygens (including phenoxy) is 1. The predicted molar refractivity (Wildman–Crippen MR) is 139 cm³/mol. The van der Waals surface area contributed by atoms with Crippen molar-refractivity contribution in [3.05, 3.63) is 48.0 Å². The number of carbonyl (C=O) groups excluding carboxylic acids is 2. The number of halogens is 1. The Morgan fingerprint density at radius 1 is 1.00 bits per heavy atom. The Morgan fingerprint density at radius 2 is 1.67 bits per heavy atom. The number of benzene rings is 1. The number of fused-ring (bicyclic) bond motifs is 5. The van der Waals surface area contributed by atoms with Gasteiger partial charge in [0, 0.05) is 33.3 Å². The molecule has 1 aliphatic heterocycles. The number of amides is 2. The molecule has 3 aliphatic rings. The van der Waals surface area contributed by atoms with Gasteiger partial charge in [-0.15, -0.1) is 24.0 Å². The predicted octanol–water partition coefficient (Wildman–Crippen LogP) is 2.62. The topological polar surface area (TPSA) is 83.0 Å². The fraction of sp³-hybridized carbons (Fsp3) is 0.560. The van der Waals surface area contributed by atoms with Crippen molar-refractivity contribution in [1.82, 2.24) is 15.5 Å².